The zero-order valence-electron chi connectivity index (χ0n) is 8.04. The Morgan fingerprint density at radius 1 is 0.933 bits per heavy atom. The number of hydrogen-bond acceptors (Lipinski definition) is 5. The Kier molecular flexibility index (Phi) is 11.5. The topological polar surface area (TPSA) is 139 Å². The molecule has 0 saturated carbocycles. The molecule has 0 saturated heterocycles. The van der Waals surface area contributed by atoms with E-state index in [0.29, 0.717) is 0 Å². The van der Waals surface area contributed by atoms with Crippen LogP contribution in [-0.4, -0.2) is 75.4 Å². The Hall–Kier alpha value is -1.38. The number of carboxylic acid groups (broad SMARTS) is 3. The average molecular weight is 225 g/mol. The van der Waals surface area contributed by atoms with Gasteiger partial charge in [0.15, 0.2) is 0 Å². The molecule has 8 nitrogen and oxygen atoms in total. The van der Waals surface area contributed by atoms with E-state index in [1.54, 1.807) is 0 Å². The number of aliphatic carboxylic acids is 1. The highest BCUT2D eigenvalue weighted by molar-refractivity contribution is 5.69. The van der Waals surface area contributed by atoms with Crippen molar-refractivity contribution in [2.75, 3.05) is 32.8 Å². The minimum atomic E-state index is -1.83. The van der Waals surface area contributed by atoms with Gasteiger partial charge in [-0.25, -0.2) is 4.79 Å². The maximum Gasteiger partial charge on any atom is 0.503 e. The molecular formula is C7H15NO7. The van der Waals surface area contributed by atoms with Crippen molar-refractivity contribution < 1.29 is 35.1 Å². The fourth-order valence-corrected chi connectivity index (χ4v) is 0.744. The van der Waals surface area contributed by atoms with Crippen LogP contribution in [0.15, 0.2) is 0 Å². The van der Waals surface area contributed by atoms with E-state index in [4.69, 9.17) is 30.3 Å². The van der Waals surface area contributed by atoms with Crippen molar-refractivity contribution in [2.24, 2.45) is 0 Å². The molecule has 0 aliphatic heterocycles. The molecule has 0 rings (SSSR count). The largest absolute Gasteiger partial charge is 0.503 e. The highest BCUT2D eigenvalue weighted by Gasteiger charge is 2.06. The van der Waals surface area contributed by atoms with E-state index in [1.807, 2.05) is 0 Å². The van der Waals surface area contributed by atoms with Crippen LogP contribution < -0.4 is 0 Å². The summed E-state index contributed by atoms with van der Waals surface area (Å²) in [5.74, 6) is -0.952. The molecule has 0 amide bonds. The summed E-state index contributed by atoms with van der Waals surface area (Å²) in [4.78, 5) is 20.2. The maximum absolute atomic E-state index is 10.2. The summed E-state index contributed by atoms with van der Waals surface area (Å²) in [6.45, 7) is 0.251. The Morgan fingerprint density at radius 2 is 1.27 bits per heavy atom. The zero-order valence-corrected chi connectivity index (χ0v) is 8.04. The average Bonchev–Trinajstić information content (AvgIpc) is 2.02. The molecule has 0 heterocycles. The molecule has 0 atom stereocenters. The van der Waals surface area contributed by atoms with Crippen molar-refractivity contribution in [1.29, 1.82) is 0 Å². The number of aliphatic hydroxyl groups excluding tert-OH is 2. The lowest BCUT2D eigenvalue weighted by Gasteiger charge is -2.16. The molecular weight excluding hydrogens is 210 g/mol. The lowest BCUT2D eigenvalue weighted by atomic mass is 10.4. The third kappa shape index (κ3) is 19.2. The van der Waals surface area contributed by atoms with Crippen LogP contribution in [0.1, 0.15) is 0 Å². The molecule has 0 radical (unpaired) electrons. The molecule has 5 N–H and O–H groups in total. The van der Waals surface area contributed by atoms with E-state index in [2.05, 4.69) is 0 Å². The van der Waals surface area contributed by atoms with Crippen molar-refractivity contribution in [1.82, 2.24) is 4.90 Å². The van der Waals surface area contributed by atoms with Crippen LogP contribution in [0.2, 0.25) is 0 Å². The molecule has 0 aromatic carbocycles. The third-order valence-corrected chi connectivity index (χ3v) is 1.19. The smallest absolute Gasteiger partial charge is 0.480 e. The van der Waals surface area contributed by atoms with Gasteiger partial charge >= 0.3 is 12.1 Å². The van der Waals surface area contributed by atoms with Gasteiger partial charge in [0.25, 0.3) is 0 Å². The summed E-state index contributed by atoms with van der Waals surface area (Å²) in [7, 11) is 0. The summed E-state index contributed by atoms with van der Waals surface area (Å²) in [5.41, 5.74) is 0. The highest BCUT2D eigenvalue weighted by atomic mass is 16.6. The SMILES string of the molecule is O=C(O)CN(CCO)CCO.O=C(O)O. The van der Waals surface area contributed by atoms with Crippen LogP contribution in [0.3, 0.4) is 0 Å². The molecule has 0 spiro atoms. The van der Waals surface area contributed by atoms with Gasteiger partial charge < -0.3 is 25.5 Å². The summed E-state index contributed by atoms with van der Waals surface area (Å²) < 4.78 is 0. The van der Waals surface area contributed by atoms with E-state index in [-0.39, 0.29) is 32.8 Å². The molecule has 0 aliphatic rings. The first-order valence-electron chi connectivity index (χ1n) is 4.01. The standard InChI is InChI=1S/C6H13NO4.CH2O3/c8-3-1-7(2-4-9)5-6(10)11;2-1(3)4/h8-9H,1-5H2,(H,10,11);(H2,2,3,4). The monoisotopic (exact) mass is 225 g/mol. The van der Waals surface area contributed by atoms with E-state index in [0.717, 1.165) is 0 Å². The molecule has 8 heteroatoms. The van der Waals surface area contributed by atoms with Gasteiger partial charge in [0.05, 0.1) is 19.8 Å². The Bertz CT molecular complexity index is 174. The van der Waals surface area contributed by atoms with E-state index in [9.17, 15) is 4.79 Å². The van der Waals surface area contributed by atoms with Crippen LogP contribution in [0, 0.1) is 0 Å². The summed E-state index contributed by atoms with van der Waals surface area (Å²) in [6, 6.07) is 0. The van der Waals surface area contributed by atoms with E-state index < -0.39 is 12.1 Å². The van der Waals surface area contributed by atoms with Crippen LogP contribution in [0.25, 0.3) is 0 Å². The highest BCUT2D eigenvalue weighted by Crippen LogP contribution is 1.85. The number of rotatable bonds is 6. The van der Waals surface area contributed by atoms with Gasteiger partial charge in [-0.05, 0) is 0 Å². The van der Waals surface area contributed by atoms with Crippen molar-refractivity contribution in [3.8, 4) is 0 Å². The zero-order chi connectivity index (χ0) is 12.3. The van der Waals surface area contributed by atoms with Crippen LogP contribution in [-0.2, 0) is 4.79 Å². The quantitative estimate of drug-likeness (QED) is 0.371. The molecule has 0 unspecified atom stereocenters. The Labute approximate surface area is 86.0 Å². The van der Waals surface area contributed by atoms with Crippen LogP contribution in [0.5, 0.6) is 0 Å². The summed E-state index contributed by atoms with van der Waals surface area (Å²) in [6.07, 6.45) is -1.83. The van der Waals surface area contributed by atoms with Gasteiger partial charge in [0.2, 0.25) is 0 Å². The number of nitrogens with zero attached hydrogens (tertiary/aromatic N) is 1. The van der Waals surface area contributed by atoms with Crippen molar-refractivity contribution in [2.45, 2.75) is 0 Å². The molecule has 0 aliphatic carbocycles. The van der Waals surface area contributed by atoms with Crippen LogP contribution >= 0.6 is 0 Å². The van der Waals surface area contributed by atoms with Gasteiger partial charge in [0.1, 0.15) is 0 Å². The number of carbonyl (C=O) groups is 2. The summed E-state index contributed by atoms with van der Waals surface area (Å²) in [5, 5.41) is 39.2. The molecule has 0 fully saturated rings. The lowest BCUT2D eigenvalue weighted by Crippen LogP contribution is -2.34. The minimum absolute atomic E-state index is 0.0900. The minimum Gasteiger partial charge on any atom is -0.480 e. The van der Waals surface area contributed by atoms with Gasteiger partial charge in [-0.2, -0.15) is 0 Å². The van der Waals surface area contributed by atoms with E-state index in [1.165, 1.54) is 4.90 Å². The molecule has 0 aromatic heterocycles. The second-order valence-electron chi connectivity index (χ2n) is 2.40. The second-order valence-corrected chi connectivity index (χ2v) is 2.40. The predicted octanol–water partition coefficient (Wildman–Crippen LogP) is -1.42. The Morgan fingerprint density at radius 3 is 1.47 bits per heavy atom. The summed E-state index contributed by atoms with van der Waals surface area (Å²) >= 11 is 0. The molecule has 15 heavy (non-hydrogen) atoms. The van der Waals surface area contributed by atoms with Crippen molar-refractivity contribution in [3.05, 3.63) is 0 Å². The fourth-order valence-electron chi connectivity index (χ4n) is 0.744. The molecule has 0 bridgehead atoms. The van der Waals surface area contributed by atoms with Crippen molar-refractivity contribution >= 4 is 12.1 Å². The third-order valence-electron chi connectivity index (χ3n) is 1.19. The first-order valence-corrected chi connectivity index (χ1v) is 4.01. The predicted molar refractivity (Wildman–Crippen MR) is 48.9 cm³/mol. The number of hydrogen-bond donors (Lipinski definition) is 5. The second kappa shape index (κ2) is 10.7. The normalized spacial score (nSPS) is 9.27. The molecule has 90 valence electrons. The lowest BCUT2D eigenvalue weighted by molar-refractivity contribution is -0.138. The number of carboxylic acids is 1. The fraction of sp³-hybridized carbons (Fsp3) is 0.714. The number of aliphatic hydroxyl groups is 2. The maximum atomic E-state index is 10.2. The first-order chi connectivity index (χ1) is 6.93. The van der Waals surface area contributed by atoms with Gasteiger partial charge in [0, 0.05) is 13.1 Å². The van der Waals surface area contributed by atoms with Gasteiger partial charge in [-0.1, -0.05) is 0 Å². The van der Waals surface area contributed by atoms with E-state index >= 15 is 0 Å². The molecule has 0 aromatic rings. The van der Waals surface area contributed by atoms with Gasteiger partial charge in [-0.3, -0.25) is 9.69 Å². The first kappa shape index (κ1) is 16.1. The van der Waals surface area contributed by atoms with Gasteiger partial charge in [-0.15, -0.1) is 0 Å². The Balaban J connectivity index is 0. The van der Waals surface area contributed by atoms with Crippen molar-refractivity contribution in [3.63, 3.8) is 0 Å². The van der Waals surface area contributed by atoms with Crippen LogP contribution in [0.4, 0.5) is 4.79 Å².